The van der Waals surface area contributed by atoms with Crippen molar-refractivity contribution in [2.75, 3.05) is 25.5 Å². The Morgan fingerprint density at radius 1 is 1.07 bits per heavy atom. The number of nitrogens with zero attached hydrogens (tertiary/aromatic N) is 3. The number of hydrogen-bond acceptors (Lipinski definition) is 4. The summed E-state index contributed by atoms with van der Waals surface area (Å²) in [5.41, 5.74) is -0.106. The minimum absolute atomic E-state index is 0.0108. The molecule has 1 saturated heterocycles. The van der Waals surface area contributed by atoms with Gasteiger partial charge in [-0.2, -0.15) is 18.4 Å². The maximum atomic E-state index is 14.7. The lowest BCUT2D eigenvalue weighted by molar-refractivity contribution is -0.136. The van der Waals surface area contributed by atoms with E-state index in [1.54, 1.807) is 23.9 Å². The molecule has 40 heavy (non-hydrogen) atoms. The van der Waals surface area contributed by atoms with Crippen molar-refractivity contribution in [3.8, 4) is 11.8 Å². The van der Waals surface area contributed by atoms with Crippen molar-refractivity contribution in [1.29, 1.82) is 5.26 Å². The van der Waals surface area contributed by atoms with E-state index in [2.05, 4.69) is 5.32 Å². The van der Waals surface area contributed by atoms with Gasteiger partial charge in [-0.05, 0) is 67.5 Å². The summed E-state index contributed by atoms with van der Waals surface area (Å²) in [5, 5.41) is 11.8. The van der Waals surface area contributed by atoms with Crippen LogP contribution >= 0.6 is 0 Å². The zero-order valence-electron chi connectivity index (χ0n) is 22.5. The van der Waals surface area contributed by atoms with Crippen LogP contribution in [0.2, 0.25) is 0 Å². The fraction of sp³-hybridized carbons (Fsp3) is 0.433. The second-order valence-corrected chi connectivity index (χ2v) is 10.7. The van der Waals surface area contributed by atoms with Crippen molar-refractivity contribution in [2.24, 2.45) is 13.0 Å². The minimum atomic E-state index is -4.75. The number of halogens is 3. The number of carbonyl (C=O) groups is 2. The average molecular weight is 553 g/mol. The van der Waals surface area contributed by atoms with Crippen LogP contribution in [0, 0.1) is 17.2 Å². The van der Waals surface area contributed by atoms with Crippen LogP contribution in [0.25, 0.3) is 10.9 Å². The number of amides is 2. The first-order valence-corrected chi connectivity index (χ1v) is 13.5. The smallest absolute Gasteiger partial charge is 0.419 e. The Balaban J connectivity index is 1.48. The fourth-order valence-corrected chi connectivity index (χ4v) is 6.18. The third kappa shape index (κ3) is 5.25. The van der Waals surface area contributed by atoms with Crippen LogP contribution in [0.1, 0.15) is 71.5 Å². The van der Waals surface area contributed by atoms with Crippen molar-refractivity contribution in [3.63, 3.8) is 0 Å². The number of aryl methyl sites for hydroxylation is 1. The van der Waals surface area contributed by atoms with Crippen molar-refractivity contribution in [1.82, 2.24) is 9.47 Å². The number of ether oxygens (including phenoxy) is 1. The molecular weight excluding hydrogens is 521 g/mol. The number of likely N-dealkylation sites (tertiary alicyclic amines) is 1. The zero-order valence-corrected chi connectivity index (χ0v) is 22.5. The highest BCUT2D eigenvalue weighted by molar-refractivity contribution is 6.07. The molecule has 5 rings (SSSR count). The van der Waals surface area contributed by atoms with E-state index in [9.17, 15) is 28.0 Å². The lowest BCUT2D eigenvalue weighted by atomic mass is 9.87. The van der Waals surface area contributed by atoms with Crippen LogP contribution in [0.3, 0.4) is 0 Å². The number of benzene rings is 2. The quantitative estimate of drug-likeness (QED) is 0.407. The summed E-state index contributed by atoms with van der Waals surface area (Å²) in [4.78, 5) is 27.9. The SMILES string of the molecule is COc1cc(C#N)cc(C(=O)Nc2ccc3c(c(C4CCN(C(=O)C5CCCC5)CC4)cn3C)c2C(F)(F)F)c1. The first kappa shape index (κ1) is 27.6. The highest BCUT2D eigenvalue weighted by Gasteiger charge is 2.39. The molecule has 0 atom stereocenters. The Morgan fingerprint density at radius 3 is 2.40 bits per heavy atom. The van der Waals surface area contributed by atoms with E-state index in [0.717, 1.165) is 25.7 Å². The van der Waals surface area contributed by atoms with Gasteiger partial charge in [-0.15, -0.1) is 0 Å². The molecule has 2 fully saturated rings. The molecule has 2 heterocycles. The molecule has 0 radical (unpaired) electrons. The Bertz CT molecular complexity index is 1490. The second kappa shape index (κ2) is 10.9. The number of fused-ring (bicyclic) bond motifs is 1. The number of piperidine rings is 1. The van der Waals surface area contributed by atoms with Gasteiger partial charge in [0.15, 0.2) is 0 Å². The molecule has 10 heteroatoms. The number of nitriles is 1. The van der Waals surface area contributed by atoms with E-state index in [1.165, 1.54) is 31.4 Å². The number of anilines is 1. The molecule has 1 aromatic heterocycles. The van der Waals surface area contributed by atoms with Gasteiger partial charge in [0.2, 0.25) is 5.91 Å². The summed E-state index contributed by atoms with van der Waals surface area (Å²) in [6, 6.07) is 8.88. The first-order valence-electron chi connectivity index (χ1n) is 13.5. The fourth-order valence-electron chi connectivity index (χ4n) is 6.18. The van der Waals surface area contributed by atoms with Crippen molar-refractivity contribution < 1.29 is 27.5 Å². The molecule has 2 amide bonds. The van der Waals surface area contributed by atoms with Crippen molar-refractivity contribution >= 4 is 28.4 Å². The Labute approximate surface area is 230 Å². The number of hydrogen-bond donors (Lipinski definition) is 1. The predicted molar refractivity (Wildman–Crippen MR) is 144 cm³/mol. The second-order valence-electron chi connectivity index (χ2n) is 10.7. The molecule has 0 unspecified atom stereocenters. The molecule has 7 nitrogen and oxygen atoms in total. The van der Waals surface area contributed by atoms with E-state index < -0.39 is 17.6 Å². The van der Waals surface area contributed by atoms with Crippen molar-refractivity contribution in [2.45, 2.75) is 50.6 Å². The number of methoxy groups -OCH3 is 1. The number of alkyl halides is 3. The van der Waals surface area contributed by atoms with Gasteiger partial charge >= 0.3 is 6.18 Å². The van der Waals surface area contributed by atoms with E-state index in [0.29, 0.717) is 37.0 Å². The molecule has 0 spiro atoms. The normalized spacial score (nSPS) is 16.8. The molecule has 1 saturated carbocycles. The molecule has 1 aliphatic heterocycles. The lowest BCUT2D eigenvalue weighted by Crippen LogP contribution is -2.40. The Kier molecular flexibility index (Phi) is 7.49. The van der Waals surface area contributed by atoms with Gasteiger partial charge in [0.1, 0.15) is 5.75 Å². The highest BCUT2D eigenvalue weighted by Crippen LogP contribution is 2.45. The van der Waals surface area contributed by atoms with Crippen LogP contribution in [-0.2, 0) is 18.0 Å². The maximum Gasteiger partial charge on any atom is 0.419 e. The standard InChI is InChI=1S/C30H31F3N4O3/c1-36-17-23(19-9-11-37(12-10-19)29(39)20-5-3-4-6-20)26-25(36)8-7-24(27(26)30(31,32)33)35-28(38)21-13-18(16-34)14-22(15-21)40-2/h7-8,13-15,17,19-20H,3-6,9-12H2,1-2H3,(H,35,38). The molecular formula is C30H31F3N4O3. The predicted octanol–water partition coefficient (Wildman–Crippen LogP) is 6.23. The summed E-state index contributed by atoms with van der Waals surface area (Å²) in [5.74, 6) is -0.437. The third-order valence-corrected chi connectivity index (χ3v) is 8.20. The van der Waals surface area contributed by atoms with E-state index >= 15 is 0 Å². The van der Waals surface area contributed by atoms with Crippen molar-refractivity contribution in [3.05, 3.63) is 58.8 Å². The minimum Gasteiger partial charge on any atom is -0.497 e. The van der Waals surface area contributed by atoms with Crippen LogP contribution < -0.4 is 10.1 Å². The van der Waals surface area contributed by atoms with Crippen LogP contribution in [0.5, 0.6) is 5.75 Å². The maximum absolute atomic E-state index is 14.7. The summed E-state index contributed by atoms with van der Waals surface area (Å²) in [6.07, 6.45) is 2.12. The van der Waals surface area contributed by atoms with E-state index in [4.69, 9.17) is 4.74 Å². The van der Waals surface area contributed by atoms with Gasteiger partial charge in [-0.1, -0.05) is 12.8 Å². The molecule has 3 aromatic rings. The first-order chi connectivity index (χ1) is 19.1. The lowest BCUT2D eigenvalue weighted by Gasteiger charge is -2.34. The molecule has 210 valence electrons. The van der Waals surface area contributed by atoms with Gasteiger partial charge in [-0.25, -0.2) is 0 Å². The van der Waals surface area contributed by atoms with Gasteiger partial charge in [0, 0.05) is 48.7 Å². The van der Waals surface area contributed by atoms with Crippen LogP contribution in [0.15, 0.2) is 36.5 Å². The molecule has 0 bridgehead atoms. The topological polar surface area (TPSA) is 87.4 Å². The molecule has 1 N–H and O–H groups in total. The molecule has 2 aliphatic rings. The average Bonchev–Trinajstić information content (AvgIpc) is 3.60. The summed E-state index contributed by atoms with van der Waals surface area (Å²) >= 11 is 0. The number of aromatic nitrogens is 1. The van der Waals surface area contributed by atoms with Gasteiger partial charge in [0.05, 0.1) is 30.0 Å². The summed E-state index contributed by atoms with van der Waals surface area (Å²) < 4.78 is 50.9. The zero-order chi connectivity index (χ0) is 28.6. The number of carbonyl (C=O) groups excluding carboxylic acids is 2. The number of nitrogens with one attached hydrogen (secondary N) is 1. The van der Waals surface area contributed by atoms with E-state index in [1.807, 2.05) is 11.0 Å². The summed E-state index contributed by atoms with van der Waals surface area (Å²) in [7, 11) is 3.09. The van der Waals surface area contributed by atoms with Gasteiger partial charge in [0.25, 0.3) is 5.91 Å². The largest absolute Gasteiger partial charge is 0.497 e. The Hall–Kier alpha value is -4.00. The van der Waals surface area contributed by atoms with Crippen LogP contribution in [-0.4, -0.2) is 41.5 Å². The molecule has 1 aliphatic carbocycles. The summed E-state index contributed by atoms with van der Waals surface area (Å²) in [6.45, 7) is 1.04. The third-order valence-electron chi connectivity index (χ3n) is 8.20. The number of rotatable bonds is 5. The van der Waals surface area contributed by atoms with Gasteiger partial charge < -0.3 is 19.5 Å². The monoisotopic (exact) mass is 552 g/mol. The molecule has 2 aromatic carbocycles. The highest BCUT2D eigenvalue weighted by atomic mass is 19.4. The van der Waals surface area contributed by atoms with Gasteiger partial charge in [-0.3, -0.25) is 9.59 Å². The van der Waals surface area contributed by atoms with Crippen LogP contribution in [0.4, 0.5) is 18.9 Å². The Morgan fingerprint density at radius 2 is 1.77 bits per heavy atom. The van der Waals surface area contributed by atoms with E-state index in [-0.39, 0.29) is 45.7 Å².